The van der Waals surface area contributed by atoms with Gasteiger partial charge < -0.3 is 20.5 Å². The molecule has 0 aromatic heterocycles. The Morgan fingerprint density at radius 2 is 1.93 bits per heavy atom. The van der Waals surface area contributed by atoms with Crippen LogP contribution in [0.2, 0.25) is 5.02 Å². The van der Waals surface area contributed by atoms with Crippen LogP contribution >= 0.6 is 11.6 Å². The molecule has 0 bridgehead atoms. The zero-order chi connectivity index (χ0) is 20.8. The Bertz CT molecular complexity index is 870. The number of amidine groups is 1. The van der Waals surface area contributed by atoms with Crippen LogP contribution in [0.15, 0.2) is 30.3 Å². The van der Waals surface area contributed by atoms with Gasteiger partial charge in [-0.1, -0.05) is 23.7 Å². The molecule has 0 aliphatic rings. The second-order valence-electron chi connectivity index (χ2n) is 5.78. The molecule has 0 saturated heterocycles. The van der Waals surface area contributed by atoms with Crippen molar-refractivity contribution in [3.8, 4) is 5.75 Å². The van der Waals surface area contributed by atoms with E-state index in [-0.39, 0.29) is 24.7 Å². The van der Waals surface area contributed by atoms with E-state index in [4.69, 9.17) is 32.2 Å². The summed E-state index contributed by atoms with van der Waals surface area (Å²) in [6.45, 7) is 1.67. The van der Waals surface area contributed by atoms with Gasteiger partial charge in [-0.2, -0.15) is 0 Å². The van der Waals surface area contributed by atoms with Crippen LogP contribution in [0.4, 0.5) is 8.78 Å². The highest BCUT2D eigenvalue weighted by atomic mass is 35.5. The molecule has 4 N–H and O–H groups in total. The Morgan fingerprint density at radius 3 is 2.43 bits per heavy atom. The first-order valence-corrected chi connectivity index (χ1v) is 8.71. The van der Waals surface area contributed by atoms with Crippen molar-refractivity contribution in [3.05, 3.63) is 63.7 Å². The van der Waals surface area contributed by atoms with Crippen LogP contribution < -0.4 is 15.8 Å². The number of nitrogens with two attached hydrogens (primary N) is 1. The molecule has 0 heterocycles. The van der Waals surface area contributed by atoms with E-state index in [0.717, 1.165) is 12.1 Å². The average molecular weight is 412 g/mol. The Labute approximate surface area is 166 Å². The van der Waals surface area contributed by atoms with Crippen molar-refractivity contribution in [3.63, 3.8) is 0 Å². The van der Waals surface area contributed by atoms with Crippen LogP contribution in [0, 0.1) is 17.0 Å². The minimum absolute atomic E-state index is 0.00117. The lowest BCUT2D eigenvalue weighted by atomic mass is 10.1. The fourth-order valence-electron chi connectivity index (χ4n) is 2.52. The monoisotopic (exact) mass is 411 g/mol. The number of nitrogens with one attached hydrogen (secondary N) is 2. The van der Waals surface area contributed by atoms with Gasteiger partial charge in [0.2, 0.25) is 0 Å². The van der Waals surface area contributed by atoms with Gasteiger partial charge in [-0.25, -0.2) is 8.78 Å². The molecule has 0 aliphatic carbocycles. The molecule has 28 heavy (non-hydrogen) atoms. The number of hydrogen-bond acceptors (Lipinski definition) is 4. The number of amides is 1. The number of halogens is 3. The molecule has 2 rings (SSSR count). The predicted molar refractivity (Wildman–Crippen MR) is 102 cm³/mol. The molecular weight excluding hydrogens is 392 g/mol. The maximum atomic E-state index is 14.3. The lowest BCUT2D eigenvalue weighted by Crippen LogP contribution is -2.31. The molecule has 0 radical (unpaired) electrons. The first kappa shape index (κ1) is 21.6. The van der Waals surface area contributed by atoms with E-state index in [2.05, 4.69) is 5.32 Å². The summed E-state index contributed by atoms with van der Waals surface area (Å²) in [5.41, 5.74) is 5.88. The van der Waals surface area contributed by atoms with Crippen molar-refractivity contribution in [2.24, 2.45) is 5.73 Å². The third-order valence-corrected chi connectivity index (χ3v) is 4.29. The summed E-state index contributed by atoms with van der Waals surface area (Å²) >= 11 is 6.13. The standard InChI is InChI=1S/C19H20ClF2N3O3/c1-3-28-17(16-14(21)7-12(27-2)8-15(16)22)19(26)25-9-11-5-4-10(18(23)24)6-13(11)20/h4-8,17H,3,9H2,1-2H3,(H3,23,24)(H,25,26). The fourth-order valence-corrected chi connectivity index (χ4v) is 2.77. The average Bonchev–Trinajstić information content (AvgIpc) is 2.65. The fraction of sp³-hybridized carbons (Fsp3) is 0.263. The number of carbonyl (C=O) groups is 1. The van der Waals surface area contributed by atoms with Crippen molar-refractivity contribution < 1.29 is 23.0 Å². The van der Waals surface area contributed by atoms with Gasteiger partial charge >= 0.3 is 0 Å². The highest BCUT2D eigenvalue weighted by Gasteiger charge is 2.28. The van der Waals surface area contributed by atoms with E-state index in [9.17, 15) is 13.6 Å². The number of carbonyl (C=O) groups excluding carboxylic acids is 1. The molecule has 0 spiro atoms. The topological polar surface area (TPSA) is 97.4 Å². The third-order valence-electron chi connectivity index (χ3n) is 3.94. The number of benzene rings is 2. The molecule has 0 saturated carbocycles. The van der Waals surface area contributed by atoms with Crippen LogP contribution in [0.5, 0.6) is 5.75 Å². The summed E-state index contributed by atoms with van der Waals surface area (Å²) in [4.78, 5) is 12.6. The van der Waals surface area contributed by atoms with Gasteiger partial charge in [0, 0.05) is 35.9 Å². The van der Waals surface area contributed by atoms with E-state index >= 15 is 0 Å². The van der Waals surface area contributed by atoms with Crippen LogP contribution in [-0.4, -0.2) is 25.5 Å². The zero-order valence-corrected chi connectivity index (χ0v) is 16.1. The minimum Gasteiger partial charge on any atom is -0.497 e. The molecule has 0 fully saturated rings. The maximum absolute atomic E-state index is 14.3. The molecule has 2 aromatic rings. The number of hydrogen-bond donors (Lipinski definition) is 3. The highest BCUT2D eigenvalue weighted by molar-refractivity contribution is 6.31. The minimum atomic E-state index is -1.48. The molecular formula is C19H20ClF2N3O3. The Hall–Kier alpha value is -2.71. The molecule has 0 aliphatic heterocycles. The van der Waals surface area contributed by atoms with Crippen LogP contribution in [0.25, 0.3) is 0 Å². The molecule has 1 amide bonds. The van der Waals surface area contributed by atoms with Gasteiger partial charge in [-0.05, 0) is 18.6 Å². The first-order valence-electron chi connectivity index (χ1n) is 8.33. The van der Waals surface area contributed by atoms with E-state index < -0.39 is 29.2 Å². The number of methoxy groups -OCH3 is 1. The van der Waals surface area contributed by atoms with Gasteiger partial charge in [0.25, 0.3) is 5.91 Å². The largest absolute Gasteiger partial charge is 0.497 e. The molecule has 150 valence electrons. The lowest BCUT2D eigenvalue weighted by Gasteiger charge is -2.19. The Morgan fingerprint density at radius 1 is 1.29 bits per heavy atom. The zero-order valence-electron chi connectivity index (χ0n) is 15.3. The first-order chi connectivity index (χ1) is 13.3. The van der Waals surface area contributed by atoms with E-state index in [1.165, 1.54) is 13.2 Å². The quantitative estimate of drug-likeness (QED) is 0.458. The van der Waals surface area contributed by atoms with E-state index in [0.29, 0.717) is 16.1 Å². The molecule has 2 aromatic carbocycles. The van der Waals surface area contributed by atoms with Crippen molar-refractivity contribution in [1.82, 2.24) is 5.32 Å². The van der Waals surface area contributed by atoms with Gasteiger partial charge in [0.05, 0.1) is 12.7 Å². The molecule has 9 heteroatoms. The summed E-state index contributed by atoms with van der Waals surface area (Å²) in [6, 6.07) is 6.64. The predicted octanol–water partition coefficient (Wildman–Crippen LogP) is 3.30. The summed E-state index contributed by atoms with van der Waals surface area (Å²) in [5.74, 6) is -2.77. The summed E-state index contributed by atoms with van der Waals surface area (Å²) in [7, 11) is 1.28. The molecule has 1 atom stereocenters. The number of ether oxygens (including phenoxy) is 2. The Balaban J connectivity index is 2.21. The Kier molecular flexibility index (Phi) is 7.31. The maximum Gasteiger partial charge on any atom is 0.254 e. The third kappa shape index (κ3) is 4.96. The number of rotatable bonds is 8. The van der Waals surface area contributed by atoms with Crippen molar-refractivity contribution in [2.75, 3.05) is 13.7 Å². The van der Waals surface area contributed by atoms with Crippen LogP contribution in [0.1, 0.15) is 29.7 Å². The van der Waals surface area contributed by atoms with Crippen LogP contribution in [-0.2, 0) is 16.1 Å². The van der Waals surface area contributed by atoms with Gasteiger partial charge in [-0.3, -0.25) is 10.2 Å². The van der Waals surface area contributed by atoms with Crippen molar-refractivity contribution >= 4 is 23.3 Å². The molecule has 6 nitrogen and oxygen atoms in total. The lowest BCUT2D eigenvalue weighted by molar-refractivity contribution is -0.133. The number of nitrogen functional groups attached to an aromatic ring is 1. The highest BCUT2D eigenvalue weighted by Crippen LogP contribution is 2.28. The van der Waals surface area contributed by atoms with E-state index in [1.807, 2.05) is 0 Å². The van der Waals surface area contributed by atoms with Crippen molar-refractivity contribution in [2.45, 2.75) is 19.6 Å². The summed E-state index contributed by atoms with van der Waals surface area (Å²) < 4.78 is 38.8. The van der Waals surface area contributed by atoms with Gasteiger partial charge in [-0.15, -0.1) is 0 Å². The van der Waals surface area contributed by atoms with E-state index in [1.54, 1.807) is 19.1 Å². The SMILES string of the molecule is CCOC(C(=O)NCc1ccc(C(=N)N)cc1Cl)c1c(F)cc(OC)cc1F. The summed E-state index contributed by atoms with van der Waals surface area (Å²) in [5, 5.41) is 10.2. The normalized spacial score (nSPS) is 11.8. The second-order valence-corrected chi connectivity index (χ2v) is 6.18. The second kappa shape index (κ2) is 9.48. The van der Waals surface area contributed by atoms with Crippen molar-refractivity contribution in [1.29, 1.82) is 5.41 Å². The van der Waals surface area contributed by atoms with Gasteiger partial charge in [0.1, 0.15) is 23.2 Å². The summed E-state index contributed by atoms with van der Waals surface area (Å²) in [6.07, 6.45) is -1.48. The molecule has 1 unspecified atom stereocenters. The smallest absolute Gasteiger partial charge is 0.254 e. The van der Waals surface area contributed by atoms with Gasteiger partial charge in [0.15, 0.2) is 6.10 Å². The van der Waals surface area contributed by atoms with Crippen LogP contribution in [0.3, 0.4) is 0 Å².